The maximum Gasteiger partial charge on any atom is 0.213 e. The van der Waals surface area contributed by atoms with Crippen LogP contribution in [0.4, 0.5) is 0 Å². The summed E-state index contributed by atoms with van der Waals surface area (Å²) in [6.45, 7) is 6.34. The van der Waals surface area contributed by atoms with Gasteiger partial charge in [-0.1, -0.05) is 13.0 Å². The maximum atomic E-state index is 6.08. The lowest BCUT2D eigenvalue weighted by Crippen LogP contribution is -2.48. The average Bonchev–Trinajstić information content (AvgIpc) is 3.07. The van der Waals surface area contributed by atoms with Gasteiger partial charge in [0.05, 0.1) is 37.8 Å². The standard InChI is InChI=1S/C18H27N5O2/c1-4-23-8-9-25-16(18(23)14-10-20-22(2)13-14)12-19-11-15-6-5-7-17(21-15)24-3/h5-7,10,13,16,18-19H,4,8-9,11-12H2,1-3H3/t16-,18-/m0/s1. The van der Waals surface area contributed by atoms with Crippen molar-refractivity contribution in [2.45, 2.75) is 25.6 Å². The fraction of sp³-hybridized carbons (Fsp3) is 0.556. The smallest absolute Gasteiger partial charge is 0.213 e. The van der Waals surface area contributed by atoms with Crippen molar-refractivity contribution >= 4 is 0 Å². The molecule has 0 amide bonds. The van der Waals surface area contributed by atoms with Gasteiger partial charge in [-0.05, 0) is 12.6 Å². The largest absolute Gasteiger partial charge is 0.481 e. The molecule has 3 rings (SSSR count). The molecule has 2 aromatic rings. The SMILES string of the molecule is CCN1CCO[C@@H](CNCc2cccc(OC)n2)[C@@H]1c1cnn(C)c1. The third-order valence-corrected chi connectivity index (χ3v) is 4.57. The Morgan fingerprint density at radius 2 is 2.28 bits per heavy atom. The first-order chi connectivity index (χ1) is 12.2. The molecular formula is C18H27N5O2. The summed E-state index contributed by atoms with van der Waals surface area (Å²) in [5.41, 5.74) is 2.16. The number of hydrogen-bond donors (Lipinski definition) is 1. The van der Waals surface area contributed by atoms with Crippen molar-refractivity contribution in [3.63, 3.8) is 0 Å². The predicted molar refractivity (Wildman–Crippen MR) is 95.4 cm³/mol. The van der Waals surface area contributed by atoms with E-state index in [0.717, 1.165) is 31.9 Å². The van der Waals surface area contributed by atoms with Crippen LogP contribution >= 0.6 is 0 Å². The van der Waals surface area contributed by atoms with Crippen LogP contribution in [0.2, 0.25) is 0 Å². The Morgan fingerprint density at radius 1 is 1.40 bits per heavy atom. The van der Waals surface area contributed by atoms with Gasteiger partial charge in [-0.3, -0.25) is 9.58 Å². The van der Waals surface area contributed by atoms with Crippen molar-refractivity contribution in [2.75, 3.05) is 33.4 Å². The highest BCUT2D eigenvalue weighted by Crippen LogP contribution is 2.28. The van der Waals surface area contributed by atoms with E-state index in [1.165, 1.54) is 5.56 Å². The van der Waals surface area contributed by atoms with Crippen molar-refractivity contribution in [3.8, 4) is 5.88 Å². The molecule has 7 nitrogen and oxygen atoms in total. The van der Waals surface area contributed by atoms with E-state index in [0.29, 0.717) is 12.4 Å². The summed E-state index contributed by atoms with van der Waals surface area (Å²) in [5.74, 6) is 0.638. The van der Waals surface area contributed by atoms with Crippen molar-refractivity contribution in [1.29, 1.82) is 0 Å². The highest BCUT2D eigenvalue weighted by Gasteiger charge is 2.33. The van der Waals surface area contributed by atoms with Crippen molar-refractivity contribution in [2.24, 2.45) is 7.05 Å². The van der Waals surface area contributed by atoms with E-state index in [9.17, 15) is 0 Å². The topological polar surface area (TPSA) is 64.4 Å². The number of morpholine rings is 1. The molecule has 0 saturated carbocycles. The molecule has 1 aliphatic rings. The zero-order valence-electron chi connectivity index (χ0n) is 15.2. The quantitative estimate of drug-likeness (QED) is 0.818. The van der Waals surface area contributed by atoms with E-state index in [1.54, 1.807) is 7.11 Å². The highest BCUT2D eigenvalue weighted by atomic mass is 16.5. The van der Waals surface area contributed by atoms with E-state index >= 15 is 0 Å². The highest BCUT2D eigenvalue weighted by molar-refractivity contribution is 5.16. The summed E-state index contributed by atoms with van der Waals surface area (Å²) >= 11 is 0. The Bertz CT molecular complexity index is 675. The summed E-state index contributed by atoms with van der Waals surface area (Å²) in [6, 6.07) is 6.02. The van der Waals surface area contributed by atoms with Crippen LogP contribution in [0.1, 0.15) is 24.2 Å². The average molecular weight is 345 g/mol. The molecule has 0 bridgehead atoms. The fourth-order valence-corrected chi connectivity index (χ4v) is 3.34. The van der Waals surface area contributed by atoms with Crippen molar-refractivity contribution in [1.82, 2.24) is 25.0 Å². The Hall–Kier alpha value is -1.96. The number of nitrogens with zero attached hydrogens (tertiary/aromatic N) is 4. The van der Waals surface area contributed by atoms with Crippen LogP contribution in [-0.4, -0.2) is 59.1 Å². The predicted octanol–water partition coefficient (Wildman–Crippen LogP) is 1.38. The second kappa shape index (κ2) is 8.42. The second-order valence-corrected chi connectivity index (χ2v) is 6.23. The summed E-state index contributed by atoms with van der Waals surface area (Å²) in [4.78, 5) is 6.89. The number of aryl methyl sites for hydroxylation is 1. The molecule has 1 N–H and O–H groups in total. The van der Waals surface area contributed by atoms with E-state index < -0.39 is 0 Å². The number of ether oxygens (including phenoxy) is 2. The van der Waals surface area contributed by atoms with Crippen LogP contribution in [0.5, 0.6) is 5.88 Å². The molecule has 0 unspecified atom stereocenters. The molecule has 2 aromatic heterocycles. The van der Waals surface area contributed by atoms with E-state index in [-0.39, 0.29) is 12.1 Å². The summed E-state index contributed by atoms with van der Waals surface area (Å²) in [7, 11) is 3.58. The lowest BCUT2D eigenvalue weighted by molar-refractivity contribution is -0.0695. The molecule has 7 heteroatoms. The monoisotopic (exact) mass is 345 g/mol. The third kappa shape index (κ3) is 4.36. The van der Waals surface area contributed by atoms with Crippen LogP contribution in [0.3, 0.4) is 0 Å². The first kappa shape index (κ1) is 17.8. The number of rotatable bonds is 7. The minimum absolute atomic E-state index is 0.0866. The molecule has 0 spiro atoms. The van der Waals surface area contributed by atoms with Crippen LogP contribution in [0, 0.1) is 0 Å². The lowest BCUT2D eigenvalue weighted by atomic mass is 10.0. The molecule has 136 valence electrons. The molecule has 0 aliphatic carbocycles. The third-order valence-electron chi connectivity index (χ3n) is 4.57. The minimum atomic E-state index is 0.0866. The van der Waals surface area contributed by atoms with Crippen molar-refractivity contribution < 1.29 is 9.47 Å². The Balaban J connectivity index is 1.64. The van der Waals surface area contributed by atoms with Gasteiger partial charge in [-0.25, -0.2) is 4.98 Å². The fourth-order valence-electron chi connectivity index (χ4n) is 3.34. The molecule has 25 heavy (non-hydrogen) atoms. The van der Waals surface area contributed by atoms with Gasteiger partial charge in [0, 0.05) is 44.5 Å². The van der Waals surface area contributed by atoms with Gasteiger partial charge >= 0.3 is 0 Å². The Kier molecular flexibility index (Phi) is 6.01. The number of methoxy groups -OCH3 is 1. The zero-order chi connectivity index (χ0) is 17.6. The molecule has 2 atom stereocenters. The first-order valence-corrected chi connectivity index (χ1v) is 8.76. The van der Waals surface area contributed by atoms with Gasteiger partial charge in [0.25, 0.3) is 0 Å². The zero-order valence-corrected chi connectivity index (χ0v) is 15.2. The molecule has 3 heterocycles. The van der Waals surface area contributed by atoms with E-state index in [2.05, 4.69) is 33.4 Å². The molecule has 1 saturated heterocycles. The number of nitrogens with one attached hydrogen (secondary N) is 1. The van der Waals surface area contributed by atoms with Gasteiger partial charge < -0.3 is 14.8 Å². The van der Waals surface area contributed by atoms with Gasteiger partial charge in [-0.2, -0.15) is 5.10 Å². The summed E-state index contributed by atoms with van der Waals surface area (Å²) in [6.07, 6.45) is 4.11. The number of aromatic nitrogens is 3. The van der Waals surface area contributed by atoms with Gasteiger partial charge in [0.2, 0.25) is 5.88 Å². The number of pyridine rings is 1. The molecule has 0 radical (unpaired) electrons. The van der Waals surface area contributed by atoms with Crippen LogP contribution in [-0.2, 0) is 18.3 Å². The van der Waals surface area contributed by atoms with Crippen LogP contribution < -0.4 is 10.1 Å². The van der Waals surface area contributed by atoms with Crippen molar-refractivity contribution in [3.05, 3.63) is 41.9 Å². The lowest BCUT2D eigenvalue weighted by Gasteiger charge is -2.40. The normalized spacial score (nSPS) is 21.4. The summed E-state index contributed by atoms with van der Waals surface area (Å²) < 4.78 is 13.1. The number of likely N-dealkylation sites (N-methyl/N-ethyl adjacent to an activating group) is 1. The maximum absolute atomic E-state index is 6.08. The molecule has 1 aliphatic heterocycles. The van der Waals surface area contributed by atoms with E-state index in [4.69, 9.17) is 9.47 Å². The van der Waals surface area contributed by atoms with Gasteiger partial charge in [0.1, 0.15) is 0 Å². The Morgan fingerprint density at radius 3 is 3.00 bits per heavy atom. The second-order valence-electron chi connectivity index (χ2n) is 6.23. The van der Waals surface area contributed by atoms with Gasteiger partial charge in [-0.15, -0.1) is 0 Å². The van der Waals surface area contributed by atoms with Crippen LogP contribution in [0.15, 0.2) is 30.6 Å². The summed E-state index contributed by atoms with van der Waals surface area (Å²) in [5, 5.41) is 7.81. The molecular weight excluding hydrogens is 318 g/mol. The first-order valence-electron chi connectivity index (χ1n) is 8.76. The molecule has 1 fully saturated rings. The number of hydrogen-bond acceptors (Lipinski definition) is 6. The minimum Gasteiger partial charge on any atom is -0.481 e. The molecule has 0 aromatic carbocycles. The Labute approximate surface area is 148 Å². The van der Waals surface area contributed by atoms with E-state index in [1.807, 2.05) is 36.1 Å². The van der Waals surface area contributed by atoms with Crippen LogP contribution in [0.25, 0.3) is 0 Å². The van der Waals surface area contributed by atoms with Gasteiger partial charge in [0.15, 0.2) is 0 Å².